The summed E-state index contributed by atoms with van der Waals surface area (Å²) in [6.45, 7) is 5.02. The third-order valence-corrected chi connectivity index (χ3v) is 4.57. The van der Waals surface area contributed by atoms with Crippen molar-refractivity contribution in [1.29, 1.82) is 0 Å². The highest BCUT2D eigenvalue weighted by atomic mass is 35.5. The van der Waals surface area contributed by atoms with Crippen LogP contribution in [-0.4, -0.2) is 23.9 Å². The minimum Gasteiger partial charge on any atom is -0.493 e. The van der Waals surface area contributed by atoms with E-state index in [2.05, 4.69) is 13.8 Å². The van der Waals surface area contributed by atoms with E-state index in [1.165, 1.54) is 0 Å². The Hall–Kier alpha value is -0.670. The van der Waals surface area contributed by atoms with Gasteiger partial charge in [0.05, 0.1) is 12.4 Å². The van der Waals surface area contributed by atoms with Crippen LogP contribution in [0.3, 0.4) is 0 Å². The van der Waals surface area contributed by atoms with Gasteiger partial charge in [0.2, 0.25) is 0 Å². The van der Waals surface area contributed by atoms with Gasteiger partial charge in [0, 0.05) is 23.4 Å². The molecule has 4 heteroatoms. The molecule has 0 spiro atoms. The number of hydrogen-bond donors (Lipinski definition) is 0. The van der Waals surface area contributed by atoms with Gasteiger partial charge in [0.15, 0.2) is 0 Å². The molecule has 1 aliphatic heterocycles. The molecule has 1 heterocycles. The van der Waals surface area contributed by atoms with Crippen molar-refractivity contribution < 1.29 is 9.53 Å². The summed E-state index contributed by atoms with van der Waals surface area (Å²) in [6, 6.07) is 3.79. The first-order valence-corrected chi connectivity index (χ1v) is 8.13. The van der Waals surface area contributed by atoms with Crippen LogP contribution in [-0.2, 0) is 17.6 Å². The van der Waals surface area contributed by atoms with Crippen molar-refractivity contribution >= 4 is 29.1 Å². The molecular weight excluding hydrogens is 280 g/mol. The zero-order valence-electron chi connectivity index (χ0n) is 11.4. The van der Waals surface area contributed by atoms with Crippen LogP contribution in [0.2, 0.25) is 5.02 Å². The molecule has 0 saturated heterocycles. The first kappa shape index (κ1) is 14.7. The topological polar surface area (TPSA) is 26.3 Å². The summed E-state index contributed by atoms with van der Waals surface area (Å²) in [6.07, 6.45) is 1.31. The normalized spacial score (nSPS) is 13.5. The van der Waals surface area contributed by atoms with Crippen molar-refractivity contribution in [2.24, 2.45) is 5.92 Å². The lowest BCUT2D eigenvalue weighted by Crippen LogP contribution is -2.08. The number of carbonyl (C=O) groups is 1. The van der Waals surface area contributed by atoms with Crippen LogP contribution in [0, 0.1) is 5.92 Å². The third kappa shape index (κ3) is 4.15. The maximum atomic E-state index is 12.0. The molecule has 0 N–H and O–H groups in total. The van der Waals surface area contributed by atoms with Gasteiger partial charge in [-0.2, -0.15) is 11.8 Å². The summed E-state index contributed by atoms with van der Waals surface area (Å²) in [4.78, 5) is 12.0. The summed E-state index contributed by atoms with van der Waals surface area (Å²) in [5.74, 6) is 3.34. The Kier molecular flexibility index (Phi) is 5.17. The van der Waals surface area contributed by atoms with Crippen molar-refractivity contribution in [3.63, 3.8) is 0 Å². The molecule has 0 unspecified atom stereocenters. The lowest BCUT2D eigenvalue weighted by molar-refractivity contribution is -0.116. The fourth-order valence-corrected chi connectivity index (χ4v) is 3.33. The van der Waals surface area contributed by atoms with E-state index in [0.717, 1.165) is 29.1 Å². The molecule has 1 aliphatic rings. The minimum absolute atomic E-state index is 0.241. The number of benzene rings is 1. The summed E-state index contributed by atoms with van der Waals surface area (Å²) in [7, 11) is 0. The van der Waals surface area contributed by atoms with E-state index < -0.39 is 0 Å². The predicted molar refractivity (Wildman–Crippen MR) is 81.5 cm³/mol. The van der Waals surface area contributed by atoms with E-state index in [0.29, 0.717) is 29.7 Å². The minimum atomic E-state index is 0.241. The number of ketones is 1. The van der Waals surface area contributed by atoms with E-state index in [4.69, 9.17) is 16.3 Å². The van der Waals surface area contributed by atoms with E-state index >= 15 is 0 Å². The van der Waals surface area contributed by atoms with Crippen LogP contribution >= 0.6 is 23.4 Å². The molecule has 0 aliphatic carbocycles. The molecule has 0 bridgehead atoms. The molecule has 2 rings (SSSR count). The molecule has 0 atom stereocenters. The second-order valence-corrected chi connectivity index (χ2v) is 6.74. The number of carbonyl (C=O) groups excluding carboxylic acids is 1. The van der Waals surface area contributed by atoms with E-state index in [9.17, 15) is 4.79 Å². The monoisotopic (exact) mass is 298 g/mol. The van der Waals surface area contributed by atoms with Crippen LogP contribution in [0.4, 0.5) is 0 Å². The summed E-state index contributed by atoms with van der Waals surface area (Å²) >= 11 is 7.79. The maximum absolute atomic E-state index is 12.0. The molecule has 0 aromatic heterocycles. The summed E-state index contributed by atoms with van der Waals surface area (Å²) in [5, 5.41) is 0.696. The van der Waals surface area contributed by atoms with Gasteiger partial charge in [0.1, 0.15) is 11.5 Å². The van der Waals surface area contributed by atoms with Crippen molar-refractivity contribution in [2.75, 3.05) is 18.1 Å². The van der Waals surface area contributed by atoms with Crippen molar-refractivity contribution in [3.05, 3.63) is 28.3 Å². The maximum Gasteiger partial charge on any atom is 0.147 e. The predicted octanol–water partition coefficient (Wildman–Crippen LogP) is 3.78. The Bertz CT molecular complexity index is 471. The second-order valence-electron chi connectivity index (χ2n) is 5.28. The Labute approximate surface area is 123 Å². The number of hydrogen-bond acceptors (Lipinski definition) is 3. The molecule has 0 fully saturated rings. The van der Waals surface area contributed by atoms with Gasteiger partial charge in [0.25, 0.3) is 0 Å². The van der Waals surface area contributed by atoms with Gasteiger partial charge in [-0.15, -0.1) is 0 Å². The van der Waals surface area contributed by atoms with Crippen molar-refractivity contribution in [3.8, 4) is 5.75 Å². The fourth-order valence-electron chi connectivity index (χ4n) is 2.15. The highest BCUT2D eigenvalue weighted by Gasteiger charge is 2.19. The Balaban J connectivity index is 1.97. The lowest BCUT2D eigenvalue weighted by atomic mass is 10.0. The largest absolute Gasteiger partial charge is 0.493 e. The molecule has 1 aromatic carbocycles. The van der Waals surface area contributed by atoms with Crippen LogP contribution in [0.25, 0.3) is 0 Å². The van der Waals surface area contributed by atoms with Crippen molar-refractivity contribution in [2.45, 2.75) is 26.7 Å². The zero-order valence-corrected chi connectivity index (χ0v) is 12.9. The Morgan fingerprint density at radius 3 is 3.00 bits per heavy atom. The standard InChI is InChI=1S/C15H19ClO2S/c1-10(2)8-19-9-14(17)7-12-6-13(16)5-11-3-4-18-15(11)12/h5-6,10H,3-4,7-9H2,1-2H3. The highest BCUT2D eigenvalue weighted by molar-refractivity contribution is 7.99. The lowest BCUT2D eigenvalue weighted by Gasteiger charge is -2.09. The van der Waals surface area contributed by atoms with Crippen LogP contribution in [0.15, 0.2) is 12.1 Å². The number of thioether (sulfide) groups is 1. The SMILES string of the molecule is CC(C)CSCC(=O)Cc1cc(Cl)cc2c1OCC2. The van der Waals surface area contributed by atoms with Gasteiger partial charge >= 0.3 is 0 Å². The molecule has 0 radical (unpaired) electrons. The first-order valence-electron chi connectivity index (χ1n) is 6.60. The van der Waals surface area contributed by atoms with E-state index in [1.807, 2.05) is 12.1 Å². The van der Waals surface area contributed by atoms with Gasteiger partial charge in [-0.25, -0.2) is 0 Å². The van der Waals surface area contributed by atoms with Crippen molar-refractivity contribution in [1.82, 2.24) is 0 Å². The number of rotatable bonds is 6. The number of halogens is 1. The van der Waals surface area contributed by atoms with Crippen LogP contribution < -0.4 is 4.74 Å². The zero-order chi connectivity index (χ0) is 13.8. The smallest absolute Gasteiger partial charge is 0.147 e. The molecular formula is C15H19ClO2S. The first-order chi connectivity index (χ1) is 9.06. The highest BCUT2D eigenvalue weighted by Crippen LogP contribution is 2.33. The molecule has 104 valence electrons. The molecule has 1 aromatic rings. The van der Waals surface area contributed by atoms with Gasteiger partial charge in [-0.1, -0.05) is 25.4 Å². The number of fused-ring (bicyclic) bond motifs is 1. The van der Waals surface area contributed by atoms with Crippen LogP contribution in [0.1, 0.15) is 25.0 Å². The van der Waals surface area contributed by atoms with Gasteiger partial charge in [-0.3, -0.25) is 4.79 Å². The quantitative estimate of drug-likeness (QED) is 0.799. The molecule has 2 nitrogen and oxygen atoms in total. The summed E-state index contributed by atoms with van der Waals surface area (Å²) < 4.78 is 5.61. The van der Waals surface area contributed by atoms with E-state index in [-0.39, 0.29) is 5.78 Å². The number of Topliss-reactive ketones (excluding diaryl/α,β-unsaturated/α-hetero) is 1. The van der Waals surface area contributed by atoms with Gasteiger partial charge in [-0.05, 0) is 29.4 Å². The van der Waals surface area contributed by atoms with Gasteiger partial charge < -0.3 is 4.74 Å². The second kappa shape index (κ2) is 6.67. The Morgan fingerprint density at radius 1 is 1.47 bits per heavy atom. The van der Waals surface area contributed by atoms with Crippen LogP contribution in [0.5, 0.6) is 5.75 Å². The third-order valence-electron chi connectivity index (χ3n) is 2.93. The average molecular weight is 299 g/mol. The average Bonchev–Trinajstić information content (AvgIpc) is 2.76. The molecule has 19 heavy (non-hydrogen) atoms. The fraction of sp³-hybridized carbons (Fsp3) is 0.533. The van der Waals surface area contributed by atoms with E-state index in [1.54, 1.807) is 11.8 Å². The summed E-state index contributed by atoms with van der Waals surface area (Å²) in [5.41, 5.74) is 2.07. The molecule has 0 amide bonds. The molecule has 0 saturated carbocycles. The Morgan fingerprint density at radius 2 is 2.26 bits per heavy atom. The number of ether oxygens (including phenoxy) is 1.